The van der Waals surface area contributed by atoms with E-state index in [0.717, 1.165) is 10.1 Å². The van der Waals surface area contributed by atoms with Crippen molar-refractivity contribution in [3.63, 3.8) is 0 Å². The maximum Gasteiger partial charge on any atom is 0.265 e. The van der Waals surface area contributed by atoms with Crippen molar-refractivity contribution < 1.29 is 11.0 Å². The third-order valence-corrected chi connectivity index (χ3v) is 2.25. The maximum atomic E-state index is 10.9. The third-order valence-electron chi connectivity index (χ3n) is 1.39. The summed E-state index contributed by atoms with van der Waals surface area (Å²) in [5.74, 6) is 0. The van der Waals surface area contributed by atoms with Crippen LogP contribution in [0.5, 0.6) is 0 Å². The van der Waals surface area contributed by atoms with Crippen molar-refractivity contribution in [2.75, 3.05) is 0 Å². The summed E-state index contributed by atoms with van der Waals surface area (Å²) in [6.45, 7) is 0. The van der Waals surface area contributed by atoms with E-state index in [0.29, 0.717) is 0 Å². The minimum atomic E-state index is 0. The van der Waals surface area contributed by atoms with Crippen LogP contribution >= 0.6 is 11.5 Å². The molecule has 2 rings (SSSR count). The van der Waals surface area contributed by atoms with Crippen LogP contribution in [-0.2, 0) is 0 Å². The number of aromatic amines is 1. The van der Waals surface area contributed by atoms with Crippen molar-refractivity contribution in [2.24, 2.45) is 0 Å². The predicted octanol–water partition coefficient (Wildman–Crippen LogP) is -0.0598. The van der Waals surface area contributed by atoms with Crippen molar-refractivity contribution in [1.82, 2.24) is 4.37 Å². The standard InChI is InChI=1S/C7H5NOS.2H2O/c9-7-5-3-1-2-4-6(5)10-8-7;;/h1-4H,(H,8,9);2*1H2. The number of benzene rings is 1. The molecule has 1 aromatic carbocycles. The summed E-state index contributed by atoms with van der Waals surface area (Å²) in [6, 6.07) is 7.54. The molecule has 0 radical (unpaired) electrons. The maximum absolute atomic E-state index is 10.9. The summed E-state index contributed by atoms with van der Waals surface area (Å²) in [5.41, 5.74) is 0.0144. The summed E-state index contributed by atoms with van der Waals surface area (Å²) >= 11 is 1.38. The fraction of sp³-hybridized carbons (Fsp3) is 0. The Morgan fingerprint density at radius 1 is 1.17 bits per heavy atom. The van der Waals surface area contributed by atoms with Crippen molar-refractivity contribution >= 4 is 21.6 Å². The average molecular weight is 187 g/mol. The third kappa shape index (κ3) is 1.53. The molecule has 0 aliphatic rings. The van der Waals surface area contributed by atoms with Gasteiger partial charge in [0.05, 0.1) is 10.1 Å². The Kier molecular flexibility index (Phi) is 3.62. The number of hydrogen-bond acceptors (Lipinski definition) is 2. The van der Waals surface area contributed by atoms with Gasteiger partial charge in [0.1, 0.15) is 0 Å². The lowest BCUT2D eigenvalue weighted by molar-refractivity contribution is 0.823. The molecule has 66 valence electrons. The molecule has 4 nitrogen and oxygen atoms in total. The molecule has 12 heavy (non-hydrogen) atoms. The Labute approximate surface area is 72.2 Å². The Morgan fingerprint density at radius 2 is 1.83 bits per heavy atom. The summed E-state index contributed by atoms with van der Waals surface area (Å²) in [6.07, 6.45) is 0. The molecule has 0 aliphatic carbocycles. The van der Waals surface area contributed by atoms with Crippen LogP contribution in [0.3, 0.4) is 0 Å². The minimum Gasteiger partial charge on any atom is -0.412 e. The molecule has 0 fully saturated rings. The van der Waals surface area contributed by atoms with Crippen molar-refractivity contribution in [1.29, 1.82) is 0 Å². The van der Waals surface area contributed by atoms with Gasteiger partial charge in [0, 0.05) is 0 Å². The molecule has 5 N–H and O–H groups in total. The van der Waals surface area contributed by atoms with E-state index in [2.05, 4.69) is 4.37 Å². The lowest BCUT2D eigenvalue weighted by atomic mass is 10.3. The second-order valence-electron chi connectivity index (χ2n) is 2.03. The van der Waals surface area contributed by atoms with Crippen LogP contribution in [0.4, 0.5) is 0 Å². The molecule has 2 aromatic rings. The molecule has 5 heteroatoms. The molecule has 0 saturated heterocycles. The second kappa shape index (κ2) is 4.01. The normalized spacial score (nSPS) is 8.67. The van der Waals surface area contributed by atoms with Crippen LogP contribution in [0, 0.1) is 0 Å². The average Bonchev–Trinajstić information content (AvgIpc) is 2.34. The van der Waals surface area contributed by atoms with E-state index in [9.17, 15) is 4.79 Å². The lowest BCUT2D eigenvalue weighted by Gasteiger charge is -1.79. The summed E-state index contributed by atoms with van der Waals surface area (Å²) in [4.78, 5) is 10.9. The van der Waals surface area contributed by atoms with Gasteiger partial charge in [-0.1, -0.05) is 23.7 Å². The number of hydrogen-bond donors (Lipinski definition) is 1. The van der Waals surface area contributed by atoms with Gasteiger partial charge >= 0.3 is 0 Å². The van der Waals surface area contributed by atoms with Crippen molar-refractivity contribution in [2.45, 2.75) is 0 Å². The van der Waals surface area contributed by atoms with Gasteiger partial charge in [0.2, 0.25) is 0 Å². The zero-order valence-corrected chi connectivity index (χ0v) is 6.94. The SMILES string of the molecule is O.O.O=c1[nH]sc2ccccc12. The molecular formula is C7H9NO3S. The van der Waals surface area contributed by atoms with E-state index in [-0.39, 0.29) is 16.5 Å². The Morgan fingerprint density at radius 3 is 2.50 bits per heavy atom. The molecule has 0 unspecified atom stereocenters. The highest BCUT2D eigenvalue weighted by Crippen LogP contribution is 2.11. The summed E-state index contributed by atoms with van der Waals surface area (Å²) < 4.78 is 3.68. The second-order valence-corrected chi connectivity index (χ2v) is 2.88. The fourth-order valence-electron chi connectivity index (χ4n) is 0.900. The molecule has 0 atom stereocenters. The first kappa shape index (κ1) is 10.8. The molecule has 0 spiro atoms. The first-order chi connectivity index (χ1) is 4.88. The van der Waals surface area contributed by atoms with Gasteiger partial charge in [0.25, 0.3) is 5.56 Å². The number of aromatic nitrogens is 1. The van der Waals surface area contributed by atoms with E-state index in [1.54, 1.807) is 0 Å². The smallest absolute Gasteiger partial charge is 0.265 e. The van der Waals surface area contributed by atoms with Gasteiger partial charge in [-0.3, -0.25) is 9.17 Å². The minimum absolute atomic E-state index is 0. The van der Waals surface area contributed by atoms with Gasteiger partial charge in [-0.2, -0.15) is 0 Å². The highest BCUT2D eigenvalue weighted by atomic mass is 32.1. The molecule has 0 saturated carbocycles. The van der Waals surface area contributed by atoms with Gasteiger partial charge in [-0.05, 0) is 12.1 Å². The Bertz CT molecular complexity index is 406. The van der Waals surface area contributed by atoms with Gasteiger partial charge in [-0.25, -0.2) is 0 Å². The van der Waals surface area contributed by atoms with Crippen LogP contribution < -0.4 is 5.56 Å². The monoisotopic (exact) mass is 187 g/mol. The van der Waals surface area contributed by atoms with E-state index < -0.39 is 0 Å². The van der Waals surface area contributed by atoms with E-state index in [1.807, 2.05) is 24.3 Å². The number of rotatable bonds is 0. The van der Waals surface area contributed by atoms with E-state index >= 15 is 0 Å². The number of fused-ring (bicyclic) bond motifs is 1. The molecule has 1 heterocycles. The number of nitrogens with one attached hydrogen (secondary N) is 1. The van der Waals surface area contributed by atoms with Crippen LogP contribution in [-0.4, -0.2) is 15.3 Å². The topological polar surface area (TPSA) is 95.9 Å². The molecule has 0 bridgehead atoms. The quantitative estimate of drug-likeness (QED) is 0.614. The summed E-state index contributed by atoms with van der Waals surface area (Å²) in [7, 11) is 0. The Hall–Kier alpha value is -1.17. The van der Waals surface area contributed by atoms with Gasteiger partial charge in [0.15, 0.2) is 0 Å². The van der Waals surface area contributed by atoms with Gasteiger partial charge < -0.3 is 11.0 Å². The Balaban J connectivity index is 0.000000605. The van der Waals surface area contributed by atoms with Crippen LogP contribution in [0.25, 0.3) is 10.1 Å². The first-order valence-corrected chi connectivity index (χ1v) is 3.76. The van der Waals surface area contributed by atoms with Crippen molar-refractivity contribution in [3.05, 3.63) is 34.6 Å². The highest BCUT2D eigenvalue weighted by Gasteiger charge is 1.96. The van der Waals surface area contributed by atoms with Crippen LogP contribution in [0.2, 0.25) is 0 Å². The highest BCUT2D eigenvalue weighted by molar-refractivity contribution is 7.13. The fourth-order valence-corrected chi connectivity index (χ4v) is 1.63. The zero-order chi connectivity index (χ0) is 6.97. The van der Waals surface area contributed by atoms with E-state index in [1.165, 1.54) is 11.5 Å². The van der Waals surface area contributed by atoms with Crippen LogP contribution in [0.1, 0.15) is 0 Å². The molecule has 0 aliphatic heterocycles. The predicted molar refractivity (Wildman–Crippen MR) is 49.7 cm³/mol. The van der Waals surface area contributed by atoms with E-state index in [4.69, 9.17) is 0 Å². The first-order valence-electron chi connectivity index (χ1n) is 2.94. The number of H-pyrrole nitrogens is 1. The lowest BCUT2D eigenvalue weighted by Crippen LogP contribution is -1.94. The zero-order valence-electron chi connectivity index (χ0n) is 6.13. The van der Waals surface area contributed by atoms with Crippen molar-refractivity contribution in [3.8, 4) is 0 Å². The van der Waals surface area contributed by atoms with Gasteiger partial charge in [-0.15, -0.1) is 0 Å². The summed E-state index contributed by atoms with van der Waals surface area (Å²) in [5, 5.41) is 0.785. The molecule has 0 amide bonds. The van der Waals surface area contributed by atoms with Crippen LogP contribution in [0.15, 0.2) is 29.1 Å². The molecular weight excluding hydrogens is 178 g/mol. The largest absolute Gasteiger partial charge is 0.412 e. The molecule has 1 aromatic heterocycles.